The average molecular weight is 489 g/mol. The molecule has 0 saturated carbocycles. The maximum absolute atomic E-state index is 12.6. The number of ether oxygens (including phenoxy) is 1. The van der Waals surface area contributed by atoms with Crippen molar-refractivity contribution in [2.45, 2.75) is 18.3 Å². The van der Waals surface area contributed by atoms with Crippen molar-refractivity contribution >= 4 is 56.6 Å². The first kappa shape index (κ1) is 23.1. The number of nitrogens with one attached hydrogen (secondary N) is 1. The van der Waals surface area contributed by atoms with Crippen LogP contribution in [0.15, 0.2) is 42.5 Å². The lowest BCUT2D eigenvalue weighted by atomic mass is 10.2. The molecule has 1 amide bonds. The molecule has 2 aromatic carbocycles. The molecule has 1 unspecified atom stereocenters. The average Bonchev–Trinajstić information content (AvgIpc) is 2.88. The van der Waals surface area contributed by atoms with Crippen LogP contribution in [0.5, 0.6) is 5.75 Å². The molecule has 1 heterocycles. The molecule has 0 bridgehead atoms. The van der Waals surface area contributed by atoms with Crippen LogP contribution in [-0.4, -0.2) is 45.5 Å². The predicted molar refractivity (Wildman–Crippen MR) is 123 cm³/mol. The molecule has 30 heavy (non-hydrogen) atoms. The lowest BCUT2D eigenvalue weighted by Crippen LogP contribution is -2.40. The van der Waals surface area contributed by atoms with E-state index < -0.39 is 16.1 Å². The molecule has 162 valence electrons. The third-order valence-corrected chi connectivity index (χ3v) is 7.28. The molecule has 0 saturated heterocycles. The fourth-order valence-corrected chi connectivity index (χ4v) is 5.40. The Labute approximate surface area is 190 Å². The number of halogens is 2. The van der Waals surface area contributed by atoms with Crippen molar-refractivity contribution in [1.82, 2.24) is 5.32 Å². The molecule has 0 spiro atoms. The zero-order valence-electron chi connectivity index (χ0n) is 16.3. The Bertz CT molecular complexity index is 1020. The van der Waals surface area contributed by atoms with Gasteiger partial charge in [-0.25, -0.2) is 8.42 Å². The van der Waals surface area contributed by atoms with E-state index in [1.165, 1.54) is 4.31 Å². The lowest BCUT2D eigenvalue weighted by Gasteiger charge is -2.20. The van der Waals surface area contributed by atoms with Gasteiger partial charge in [-0.05, 0) is 29.8 Å². The molecule has 0 aromatic heterocycles. The topological polar surface area (TPSA) is 75.7 Å². The fraction of sp³-hybridized carbons (Fsp3) is 0.350. The van der Waals surface area contributed by atoms with Gasteiger partial charge in [0.15, 0.2) is 6.10 Å². The number of sulfonamides is 1. The first-order valence-corrected chi connectivity index (χ1v) is 13.0. The Morgan fingerprint density at radius 2 is 2.03 bits per heavy atom. The second kappa shape index (κ2) is 10.1. The van der Waals surface area contributed by atoms with E-state index in [9.17, 15) is 13.2 Å². The number of carbonyl (C=O) groups is 1. The van der Waals surface area contributed by atoms with E-state index in [4.69, 9.17) is 27.9 Å². The summed E-state index contributed by atoms with van der Waals surface area (Å²) in [7, 11) is -3.47. The van der Waals surface area contributed by atoms with Crippen molar-refractivity contribution in [2.75, 3.05) is 29.4 Å². The molecule has 1 N–H and O–H groups in total. The van der Waals surface area contributed by atoms with Crippen LogP contribution in [0.25, 0.3) is 0 Å². The molecule has 3 rings (SSSR count). The SMILES string of the molecule is CS(=O)(=O)N1CCC(C(=O)NCCSCc2ccc(Cl)cc2Cl)Oc2ccccc21. The number of hydrogen-bond donors (Lipinski definition) is 1. The summed E-state index contributed by atoms with van der Waals surface area (Å²) in [6.07, 6.45) is 0.656. The third kappa shape index (κ3) is 5.97. The Morgan fingerprint density at radius 1 is 1.27 bits per heavy atom. The van der Waals surface area contributed by atoms with Gasteiger partial charge < -0.3 is 10.1 Å². The first-order valence-electron chi connectivity index (χ1n) is 9.28. The minimum atomic E-state index is -3.47. The summed E-state index contributed by atoms with van der Waals surface area (Å²) in [5.41, 5.74) is 1.44. The van der Waals surface area contributed by atoms with Crippen molar-refractivity contribution in [3.63, 3.8) is 0 Å². The first-order chi connectivity index (χ1) is 14.3. The Morgan fingerprint density at radius 3 is 2.77 bits per heavy atom. The summed E-state index contributed by atoms with van der Waals surface area (Å²) in [6, 6.07) is 12.2. The predicted octanol–water partition coefficient (Wildman–Crippen LogP) is 3.96. The van der Waals surface area contributed by atoms with Crippen molar-refractivity contribution in [3.8, 4) is 5.75 Å². The van der Waals surface area contributed by atoms with Gasteiger partial charge in [-0.15, -0.1) is 0 Å². The van der Waals surface area contributed by atoms with E-state index in [1.54, 1.807) is 48.2 Å². The number of thioether (sulfide) groups is 1. The summed E-state index contributed by atoms with van der Waals surface area (Å²) in [6.45, 7) is 0.643. The summed E-state index contributed by atoms with van der Waals surface area (Å²) in [5, 5.41) is 4.09. The number of carbonyl (C=O) groups excluding carboxylic acids is 1. The van der Waals surface area contributed by atoms with E-state index in [1.807, 2.05) is 6.07 Å². The minimum absolute atomic E-state index is 0.178. The molecule has 0 radical (unpaired) electrons. The highest BCUT2D eigenvalue weighted by atomic mass is 35.5. The third-order valence-electron chi connectivity index (χ3n) is 4.51. The van der Waals surface area contributed by atoms with Crippen LogP contribution in [0.3, 0.4) is 0 Å². The van der Waals surface area contributed by atoms with Crippen molar-refractivity contribution < 1.29 is 17.9 Å². The van der Waals surface area contributed by atoms with Crippen molar-refractivity contribution in [3.05, 3.63) is 58.1 Å². The van der Waals surface area contributed by atoms with E-state index in [0.717, 1.165) is 11.8 Å². The summed E-state index contributed by atoms with van der Waals surface area (Å²) < 4.78 is 31.4. The van der Waals surface area contributed by atoms with Crippen LogP contribution in [0.4, 0.5) is 5.69 Å². The summed E-state index contributed by atoms with van der Waals surface area (Å²) in [5.74, 6) is 1.53. The van der Waals surface area contributed by atoms with Crippen LogP contribution < -0.4 is 14.4 Å². The van der Waals surface area contributed by atoms with Crippen LogP contribution in [-0.2, 0) is 20.6 Å². The Balaban J connectivity index is 1.52. The van der Waals surface area contributed by atoms with Gasteiger partial charge in [-0.1, -0.05) is 41.4 Å². The van der Waals surface area contributed by atoms with Gasteiger partial charge in [0.1, 0.15) is 5.75 Å². The molecule has 6 nitrogen and oxygen atoms in total. The van der Waals surface area contributed by atoms with Gasteiger partial charge >= 0.3 is 0 Å². The van der Waals surface area contributed by atoms with E-state index in [2.05, 4.69) is 5.32 Å². The molecular formula is C20H22Cl2N2O4S2. The zero-order valence-corrected chi connectivity index (χ0v) is 19.5. The van der Waals surface area contributed by atoms with Crippen LogP contribution in [0.1, 0.15) is 12.0 Å². The Kier molecular flexibility index (Phi) is 7.79. The van der Waals surface area contributed by atoms with Gasteiger partial charge in [-0.2, -0.15) is 11.8 Å². The number of para-hydroxylation sites is 2. The summed E-state index contributed by atoms with van der Waals surface area (Å²) >= 11 is 13.7. The van der Waals surface area contributed by atoms with Gasteiger partial charge in [0.05, 0.1) is 11.9 Å². The number of benzene rings is 2. The summed E-state index contributed by atoms with van der Waals surface area (Å²) in [4.78, 5) is 12.6. The van der Waals surface area contributed by atoms with Crippen LogP contribution in [0, 0.1) is 0 Å². The normalized spacial score (nSPS) is 16.4. The van der Waals surface area contributed by atoms with Gasteiger partial charge in [-0.3, -0.25) is 9.10 Å². The maximum Gasteiger partial charge on any atom is 0.261 e. The van der Waals surface area contributed by atoms with E-state index in [-0.39, 0.29) is 18.9 Å². The number of hydrogen-bond acceptors (Lipinski definition) is 5. The van der Waals surface area contributed by atoms with Gasteiger partial charge in [0, 0.05) is 41.1 Å². The van der Waals surface area contributed by atoms with Crippen LogP contribution >= 0.6 is 35.0 Å². The number of nitrogens with zero attached hydrogens (tertiary/aromatic N) is 1. The highest BCUT2D eigenvalue weighted by Gasteiger charge is 2.30. The molecule has 0 aliphatic carbocycles. The number of rotatable bonds is 7. The lowest BCUT2D eigenvalue weighted by molar-refractivity contribution is -0.127. The molecule has 2 aromatic rings. The molecule has 10 heteroatoms. The van der Waals surface area contributed by atoms with Crippen molar-refractivity contribution in [2.24, 2.45) is 0 Å². The molecule has 1 aliphatic heterocycles. The quantitative estimate of drug-likeness (QED) is 0.596. The number of amides is 1. The minimum Gasteiger partial charge on any atom is -0.478 e. The molecule has 1 atom stereocenters. The zero-order chi connectivity index (χ0) is 21.7. The number of anilines is 1. The van der Waals surface area contributed by atoms with Gasteiger partial charge in [0.25, 0.3) is 5.91 Å². The highest BCUT2D eigenvalue weighted by Crippen LogP contribution is 2.33. The molecule has 0 fully saturated rings. The second-order valence-electron chi connectivity index (χ2n) is 6.78. The highest BCUT2D eigenvalue weighted by molar-refractivity contribution is 7.98. The maximum atomic E-state index is 12.6. The Hall–Kier alpha value is -1.61. The molecule has 1 aliphatic rings. The standard InChI is InChI=1S/C20H22Cl2N2O4S2/c1-30(26,27)24-10-8-19(28-18-5-3-2-4-17(18)24)20(25)23-9-11-29-13-14-6-7-15(21)12-16(14)22/h2-7,12,19H,8-11,13H2,1H3,(H,23,25). The number of fused-ring (bicyclic) bond motifs is 1. The molecular weight excluding hydrogens is 467 g/mol. The largest absolute Gasteiger partial charge is 0.478 e. The van der Waals surface area contributed by atoms with Crippen LogP contribution in [0.2, 0.25) is 10.0 Å². The van der Waals surface area contributed by atoms with E-state index >= 15 is 0 Å². The van der Waals surface area contributed by atoms with Gasteiger partial charge in [0.2, 0.25) is 10.0 Å². The van der Waals surface area contributed by atoms with Crippen molar-refractivity contribution in [1.29, 1.82) is 0 Å². The fourth-order valence-electron chi connectivity index (χ4n) is 3.04. The smallest absolute Gasteiger partial charge is 0.261 e. The second-order valence-corrected chi connectivity index (χ2v) is 10.6. The monoisotopic (exact) mass is 488 g/mol. The van der Waals surface area contributed by atoms with E-state index in [0.29, 0.717) is 39.5 Å².